The van der Waals surface area contributed by atoms with E-state index in [2.05, 4.69) is 93.4 Å². The molecule has 0 aliphatic rings. The minimum atomic E-state index is -1.77. The molecule has 0 aromatic carbocycles. The van der Waals surface area contributed by atoms with E-state index < -0.39 is 16.6 Å². The number of rotatable bonds is 10. The van der Waals surface area contributed by atoms with Gasteiger partial charge in [-0.1, -0.05) is 53.9 Å². The van der Waals surface area contributed by atoms with E-state index in [1.807, 2.05) is 0 Å². The molecule has 0 aromatic heterocycles. The van der Waals surface area contributed by atoms with Crippen LogP contribution in [-0.4, -0.2) is 34.6 Å². The number of unbranched alkanes of at least 4 members (excludes halogenated alkanes) is 1. The lowest BCUT2D eigenvalue weighted by atomic mass is 10.1. The molecule has 3 nitrogen and oxygen atoms in total. The summed E-state index contributed by atoms with van der Waals surface area (Å²) in [6.45, 7) is 26.8. The highest BCUT2D eigenvalue weighted by atomic mass is 28.4. The van der Waals surface area contributed by atoms with Gasteiger partial charge in [-0.2, -0.15) is 0 Å². The highest BCUT2D eigenvalue weighted by Crippen LogP contribution is 2.38. The Morgan fingerprint density at radius 3 is 1.72 bits per heavy atom. The number of carbonyl (C=O) groups is 1. The third-order valence-corrected chi connectivity index (χ3v) is 15.7. The fourth-order valence-electron chi connectivity index (χ4n) is 2.53. The Morgan fingerprint density at radius 2 is 1.28 bits per heavy atom. The van der Waals surface area contributed by atoms with Crippen molar-refractivity contribution in [2.75, 3.05) is 0 Å². The third kappa shape index (κ3) is 11.0. The molecule has 2 unspecified atom stereocenters. The van der Waals surface area contributed by atoms with Gasteiger partial charge >= 0.3 is 0 Å². The van der Waals surface area contributed by atoms with E-state index in [1.165, 1.54) is 0 Å². The topological polar surface area (TPSA) is 35.5 Å². The number of hydrogen-bond acceptors (Lipinski definition) is 3. The third-order valence-electron chi connectivity index (χ3n) is 6.49. The second kappa shape index (κ2) is 11.3. The van der Waals surface area contributed by atoms with Gasteiger partial charge < -0.3 is 8.85 Å². The van der Waals surface area contributed by atoms with Crippen molar-refractivity contribution in [3.8, 4) is 11.8 Å². The highest BCUT2D eigenvalue weighted by Gasteiger charge is 2.39. The van der Waals surface area contributed by atoms with E-state index in [1.54, 1.807) is 0 Å². The van der Waals surface area contributed by atoms with Crippen molar-refractivity contribution in [3.05, 3.63) is 0 Å². The Hall–Kier alpha value is -0.416. The molecule has 29 heavy (non-hydrogen) atoms. The summed E-state index contributed by atoms with van der Waals surface area (Å²) in [5.74, 6) is 5.89. The second-order valence-corrected chi connectivity index (χ2v) is 21.1. The van der Waals surface area contributed by atoms with Crippen molar-refractivity contribution in [2.45, 2.75) is 136 Å². The predicted molar refractivity (Wildman–Crippen MR) is 131 cm³/mol. The first-order valence-electron chi connectivity index (χ1n) is 11.3. The molecule has 0 N–H and O–H groups in total. The van der Waals surface area contributed by atoms with Crippen LogP contribution in [0.25, 0.3) is 0 Å². The van der Waals surface area contributed by atoms with Gasteiger partial charge in [0, 0.05) is 18.9 Å². The minimum absolute atomic E-state index is 0.0440. The van der Waals surface area contributed by atoms with Crippen LogP contribution < -0.4 is 0 Å². The van der Waals surface area contributed by atoms with Gasteiger partial charge in [-0.25, -0.2) is 0 Å². The van der Waals surface area contributed by atoms with Gasteiger partial charge in [0.05, 0.1) is 6.10 Å². The molecule has 0 radical (unpaired) electrons. The molecule has 0 heterocycles. The largest absolute Gasteiger partial charge is 0.414 e. The highest BCUT2D eigenvalue weighted by molar-refractivity contribution is 6.74. The zero-order valence-electron chi connectivity index (χ0n) is 21.4. The molecular formula is C24H48O3Si2. The molecule has 170 valence electrons. The van der Waals surface area contributed by atoms with E-state index in [0.29, 0.717) is 12.8 Å². The first kappa shape index (κ1) is 28.6. The molecule has 0 saturated heterocycles. The molecule has 0 aliphatic heterocycles. The van der Waals surface area contributed by atoms with Crippen LogP contribution in [0.5, 0.6) is 0 Å². The standard InChI is InChI=1S/C24H48O3Si2/c1-20(26-28(9,10)23(3,4)5)16-13-14-18-22(25)19-15-17-21(2)27-29(11,12)24(6,7)8/h20-21H,13-14,16-18H2,1-12H3. The Balaban J connectivity index is 4.22. The summed E-state index contributed by atoms with van der Waals surface area (Å²) >= 11 is 0. The number of Topliss-reactive ketones (excluding diaryl/α,β-unsaturated/α-hetero) is 1. The molecule has 0 rings (SSSR count). The first-order chi connectivity index (χ1) is 12.9. The van der Waals surface area contributed by atoms with Gasteiger partial charge in [-0.05, 0) is 68.9 Å². The van der Waals surface area contributed by atoms with Crippen LogP contribution in [0.4, 0.5) is 0 Å². The molecular weight excluding hydrogens is 392 g/mol. The van der Waals surface area contributed by atoms with Crippen LogP contribution in [-0.2, 0) is 13.6 Å². The quantitative estimate of drug-likeness (QED) is 0.154. The van der Waals surface area contributed by atoms with Gasteiger partial charge in [0.25, 0.3) is 0 Å². The monoisotopic (exact) mass is 440 g/mol. The second-order valence-electron chi connectivity index (χ2n) is 11.6. The summed E-state index contributed by atoms with van der Waals surface area (Å²) in [6, 6.07) is 0. The van der Waals surface area contributed by atoms with Gasteiger partial charge in [-0.15, -0.1) is 0 Å². The molecule has 0 aliphatic carbocycles. The van der Waals surface area contributed by atoms with Crippen LogP contribution >= 0.6 is 0 Å². The number of carbonyl (C=O) groups excluding carboxylic acids is 1. The molecule has 0 spiro atoms. The normalized spacial score (nSPS) is 15.4. The predicted octanol–water partition coefficient (Wildman–Crippen LogP) is 7.33. The zero-order chi connectivity index (χ0) is 23.1. The van der Waals surface area contributed by atoms with Crippen molar-refractivity contribution < 1.29 is 13.6 Å². The van der Waals surface area contributed by atoms with Crippen molar-refractivity contribution in [1.82, 2.24) is 0 Å². The van der Waals surface area contributed by atoms with E-state index >= 15 is 0 Å². The zero-order valence-corrected chi connectivity index (χ0v) is 23.4. The molecule has 0 amide bonds. The van der Waals surface area contributed by atoms with Crippen LogP contribution in [0.15, 0.2) is 0 Å². The molecule has 0 fully saturated rings. The lowest BCUT2D eigenvalue weighted by Crippen LogP contribution is -2.43. The minimum Gasteiger partial charge on any atom is -0.414 e. The lowest BCUT2D eigenvalue weighted by molar-refractivity contribution is -0.113. The summed E-state index contributed by atoms with van der Waals surface area (Å²) in [7, 11) is -3.48. The van der Waals surface area contributed by atoms with Crippen molar-refractivity contribution in [3.63, 3.8) is 0 Å². The van der Waals surface area contributed by atoms with Crippen LogP contribution in [0.1, 0.15) is 87.5 Å². The summed E-state index contributed by atoms with van der Waals surface area (Å²) in [5, 5.41) is 0.425. The van der Waals surface area contributed by atoms with Crippen molar-refractivity contribution >= 4 is 22.4 Å². The van der Waals surface area contributed by atoms with Gasteiger partial charge in [0.1, 0.15) is 0 Å². The molecule has 5 heteroatoms. The van der Waals surface area contributed by atoms with E-state index in [4.69, 9.17) is 8.85 Å². The Labute approximate surface area is 184 Å². The fraction of sp³-hybridized carbons (Fsp3) is 0.875. The maximum Gasteiger partial charge on any atom is 0.205 e. The Bertz CT molecular complexity index is 572. The van der Waals surface area contributed by atoms with Gasteiger partial charge in [0.2, 0.25) is 5.78 Å². The molecule has 0 aromatic rings. The van der Waals surface area contributed by atoms with E-state index in [-0.39, 0.29) is 28.1 Å². The summed E-state index contributed by atoms with van der Waals surface area (Å²) in [6.07, 6.45) is 4.38. The maximum absolute atomic E-state index is 12.0. The van der Waals surface area contributed by atoms with Crippen LogP contribution in [0.2, 0.25) is 36.3 Å². The van der Waals surface area contributed by atoms with E-state index in [9.17, 15) is 4.79 Å². The Kier molecular flexibility index (Phi) is 11.1. The maximum atomic E-state index is 12.0. The molecule has 2 atom stereocenters. The van der Waals surface area contributed by atoms with Crippen molar-refractivity contribution in [2.24, 2.45) is 0 Å². The van der Waals surface area contributed by atoms with Crippen LogP contribution in [0.3, 0.4) is 0 Å². The number of ketones is 1. The molecule has 0 bridgehead atoms. The average Bonchev–Trinajstić information content (AvgIpc) is 2.48. The van der Waals surface area contributed by atoms with Gasteiger partial charge in [0.15, 0.2) is 16.6 Å². The van der Waals surface area contributed by atoms with Crippen molar-refractivity contribution in [1.29, 1.82) is 0 Å². The fourth-order valence-corrected chi connectivity index (χ4v) is 5.45. The van der Waals surface area contributed by atoms with E-state index in [0.717, 1.165) is 19.3 Å². The van der Waals surface area contributed by atoms with Crippen LogP contribution in [0, 0.1) is 11.8 Å². The first-order valence-corrected chi connectivity index (χ1v) is 17.1. The summed E-state index contributed by atoms with van der Waals surface area (Å²) in [5.41, 5.74) is 0. The number of hydrogen-bond donors (Lipinski definition) is 0. The smallest absolute Gasteiger partial charge is 0.205 e. The average molecular weight is 441 g/mol. The SMILES string of the molecule is CC(CC#CC(=O)CCCCC(C)O[Si](C)(C)C(C)(C)C)O[Si](C)(C)C(C)(C)C. The lowest BCUT2D eigenvalue weighted by Gasteiger charge is -2.38. The summed E-state index contributed by atoms with van der Waals surface area (Å²) < 4.78 is 12.7. The van der Waals surface area contributed by atoms with Gasteiger partial charge in [-0.3, -0.25) is 4.79 Å². The Morgan fingerprint density at radius 1 is 0.828 bits per heavy atom. The molecule has 0 saturated carbocycles. The summed E-state index contributed by atoms with van der Waals surface area (Å²) in [4.78, 5) is 12.0.